The van der Waals surface area contributed by atoms with Crippen LogP contribution in [-0.4, -0.2) is 43.4 Å². The lowest BCUT2D eigenvalue weighted by molar-refractivity contribution is -0.0993. The number of aryl methyl sites for hydroxylation is 1. The van der Waals surface area contributed by atoms with Crippen LogP contribution in [0.2, 0.25) is 5.02 Å². The lowest BCUT2D eigenvalue weighted by Gasteiger charge is -2.52. The summed E-state index contributed by atoms with van der Waals surface area (Å²) in [6.07, 6.45) is 8.19. The van der Waals surface area contributed by atoms with E-state index in [-0.39, 0.29) is 23.3 Å². The Labute approximate surface area is 272 Å². The quantitative estimate of drug-likeness (QED) is 0.341. The molecule has 2 bridgehead atoms. The molecule has 3 aliphatic rings. The Morgan fingerprint density at radius 3 is 2.62 bits per heavy atom. The number of carbonyl (C=O) groups excluding carboxylic acids is 1. The van der Waals surface area contributed by atoms with Crippen LogP contribution in [0.25, 0.3) is 0 Å². The van der Waals surface area contributed by atoms with E-state index in [0.29, 0.717) is 42.6 Å². The Kier molecular flexibility index (Phi) is 9.61. The first-order valence-corrected chi connectivity index (χ1v) is 17.8. The van der Waals surface area contributed by atoms with Gasteiger partial charge in [0, 0.05) is 23.7 Å². The molecular weight excluding hydrogens is 610 g/mol. The topological polar surface area (TPSA) is 120 Å². The fraction of sp³-hybridized carbons (Fsp3) is 0.543. The Morgan fingerprint density at radius 2 is 1.91 bits per heavy atom. The Balaban J connectivity index is 1.60. The van der Waals surface area contributed by atoms with E-state index in [1.165, 1.54) is 0 Å². The van der Waals surface area contributed by atoms with Gasteiger partial charge in [0.15, 0.2) is 0 Å². The minimum Gasteiger partial charge on any atom is -0.487 e. The van der Waals surface area contributed by atoms with Crippen LogP contribution in [0, 0.1) is 34.5 Å². The Hall–Kier alpha value is -3.06. The second-order valence-corrected chi connectivity index (χ2v) is 16.1. The van der Waals surface area contributed by atoms with Crippen LogP contribution in [0.4, 0.5) is 5.69 Å². The van der Waals surface area contributed by atoms with Gasteiger partial charge in [-0.15, -0.1) is 0 Å². The van der Waals surface area contributed by atoms with Gasteiger partial charge in [0.2, 0.25) is 10.0 Å². The standard InChI is InChI=1S/C35H44ClN3O5S/c1-23-8-7-16-35(41,34(3,4)22-37)30-14-11-27(30)20-39-17-6-5-9-25-18-29(36)13-10-28(25)21-44-32-15-12-26(19-31(32)39)33(40)38-45(42,43)24(23)2/h7,10,12-13,15-16,18-19,23-24,27,30,41H,5-6,8-9,11,14,17,20-21H2,1-4H3,(H,38,40)/b16-7+/t23-,24+,27-,30+,35+/m0/s1. The number of aliphatic hydroxyl groups is 1. The van der Waals surface area contributed by atoms with Crippen molar-refractivity contribution in [1.82, 2.24) is 4.72 Å². The van der Waals surface area contributed by atoms with Crippen LogP contribution in [-0.2, 0) is 23.1 Å². The monoisotopic (exact) mass is 653 g/mol. The fourth-order valence-electron chi connectivity index (χ4n) is 6.86. The van der Waals surface area contributed by atoms with Crippen LogP contribution in [0.3, 0.4) is 0 Å². The van der Waals surface area contributed by atoms with E-state index < -0.39 is 32.2 Å². The van der Waals surface area contributed by atoms with E-state index in [9.17, 15) is 23.6 Å². The van der Waals surface area contributed by atoms with E-state index in [0.717, 1.165) is 43.2 Å². The van der Waals surface area contributed by atoms with Gasteiger partial charge >= 0.3 is 0 Å². The summed E-state index contributed by atoms with van der Waals surface area (Å²) in [5, 5.41) is 22.2. The van der Waals surface area contributed by atoms with Crippen molar-refractivity contribution in [3.63, 3.8) is 0 Å². The lowest BCUT2D eigenvalue weighted by Crippen LogP contribution is -2.56. The molecular formula is C35H44ClN3O5S. The molecule has 0 spiro atoms. The number of hydrogen-bond donors (Lipinski definition) is 2. The summed E-state index contributed by atoms with van der Waals surface area (Å²) >= 11 is 6.32. The molecule has 1 saturated carbocycles. The van der Waals surface area contributed by atoms with Crippen LogP contribution >= 0.6 is 11.6 Å². The zero-order valence-electron chi connectivity index (χ0n) is 26.6. The summed E-state index contributed by atoms with van der Waals surface area (Å²) < 4.78 is 35.3. The van der Waals surface area contributed by atoms with Gasteiger partial charge in [0.05, 0.1) is 22.4 Å². The third-order valence-electron chi connectivity index (χ3n) is 10.4. The molecule has 0 unspecified atom stereocenters. The number of anilines is 1. The second kappa shape index (κ2) is 13.0. The number of rotatable bonds is 1. The second-order valence-electron chi connectivity index (χ2n) is 13.6. The van der Waals surface area contributed by atoms with Gasteiger partial charge in [0.25, 0.3) is 5.91 Å². The Morgan fingerprint density at radius 1 is 1.13 bits per heavy atom. The summed E-state index contributed by atoms with van der Waals surface area (Å²) in [5.74, 6) is -0.527. The lowest BCUT2D eigenvalue weighted by atomic mass is 9.56. The summed E-state index contributed by atoms with van der Waals surface area (Å²) in [6.45, 7) is 8.51. The van der Waals surface area contributed by atoms with Crippen molar-refractivity contribution in [3.8, 4) is 11.8 Å². The van der Waals surface area contributed by atoms with Crippen molar-refractivity contribution in [2.75, 3.05) is 18.0 Å². The molecule has 1 fully saturated rings. The van der Waals surface area contributed by atoms with Crippen LogP contribution < -0.4 is 14.4 Å². The number of ether oxygens (including phenoxy) is 1. The van der Waals surface area contributed by atoms with Crippen LogP contribution in [0.1, 0.15) is 81.3 Å². The smallest absolute Gasteiger partial charge is 0.264 e. The maximum Gasteiger partial charge on any atom is 0.264 e. The summed E-state index contributed by atoms with van der Waals surface area (Å²) in [6, 6.07) is 13.2. The molecule has 2 aromatic carbocycles. The van der Waals surface area contributed by atoms with E-state index in [1.807, 2.05) is 31.2 Å². The molecule has 242 valence electrons. The molecule has 10 heteroatoms. The Bertz CT molecular complexity index is 1620. The van der Waals surface area contributed by atoms with E-state index in [4.69, 9.17) is 16.3 Å². The molecule has 0 saturated heterocycles. The van der Waals surface area contributed by atoms with Crippen LogP contribution in [0.5, 0.6) is 5.75 Å². The highest BCUT2D eigenvalue weighted by Crippen LogP contribution is 2.51. The number of carbonyl (C=O) groups is 1. The largest absolute Gasteiger partial charge is 0.487 e. The van der Waals surface area contributed by atoms with Crippen molar-refractivity contribution in [2.24, 2.45) is 23.2 Å². The number of amides is 1. The molecule has 5 rings (SSSR count). The SMILES string of the molecule is C[C@@H]1[C@@H](C)C/C=C/[C@](O)(C(C)(C)C#N)[C@@H]2CC[C@H]2CN2CCCCc3cc(Cl)ccc3COc3ccc(cc32)C(=O)NS1(=O)=O. The molecule has 2 heterocycles. The van der Waals surface area contributed by atoms with Crippen molar-refractivity contribution >= 4 is 33.2 Å². The third-order valence-corrected chi connectivity index (χ3v) is 12.5. The normalized spacial score (nSPS) is 29.7. The zero-order valence-corrected chi connectivity index (χ0v) is 28.1. The van der Waals surface area contributed by atoms with E-state index >= 15 is 0 Å². The van der Waals surface area contributed by atoms with Crippen molar-refractivity contribution in [2.45, 2.75) is 83.7 Å². The van der Waals surface area contributed by atoms with Crippen molar-refractivity contribution in [3.05, 3.63) is 70.3 Å². The van der Waals surface area contributed by atoms with E-state index in [1.54, 1.807) is 45.0 Å². The molecule has 8 nitrogen and oxygen atoms in total. The minimum absolute atomic E-state index is 0.0865. The number of nitrogens with zero attached hydrogens (tertiary/aromatic N) is 2. The fourth-order valence-corrected chi connectivity index (χ4v) is 8.34. The van der Waals surface area contributed by atoms with Gasteiger partial charge in [-0.2, -0.15) is 5.26 Å². The summed E-state index contributed by atoms with van der Waals surface area (Å²) in [5.41, 5.74) is 0.635. The van der Waals surface area contributed by atoms with Gasteiger partial charge in [-0.05, 0) is 119 Å². The van der Waals surface area contributed by atoms with Gasteiger partial charge in [-0.3, -0.25) is 4.79 Å². The average Bonchev–Trinajstić information content (AvgIpc) is 3.01. The average molecular weight is 654 g/mol. The number of sulfonamides is 1. The number of nitrogens with one attached hydrogen (secondary N) is 1. The molecule has 2 N–H and O–H groups in total. The molecule has 2 aromatic rings. The first kappa shape index (κ1) is 33.3. The van der Waals surface area contributed by atoms with Gasteiger partial charge in [0.1, 0.15) is 18.0 Å². The minimum atomic E-state index is -4.01. The highest BCUT2D eigenvalue weighted by molar-refractivity contribution is 7.90. The maximum atomic E-state index is 13.4. The van der Waals surface area contributed by atoms with Crippen molar-refractivity contribution in [1.29, 1.82) is 5.26 Å². The molecule has 5 atom stereocenters. The number of hydrogen-bond acceptors (Lipinski definition) is 7. The molecule has 45 heavy (non-hydrogen) atoms. The number of halogens is 1. The number of benzene rings is 2. The molecule has 1 amide bonds. The van der Waals surface area contributed by atoms with Gasteiger partial charge in [-0.25, -0.2) is 13.1 Å². The number of allylic oxidation sites excluding steroid dienone is 1. The van der Waals surface area contributed by atoms with Crippen LogP contribution in [0.15, 0.2) is 48.6 Å². The number of fused-ring (bicyclic) bond motifs is 3. The first-order valence-electron chi connectivity index (χ1n) is 15.9. The van der Waals surface area contributed by atoms with Gasteiger partial charge in [-0.1, -0.05) is 36.7 Å². The predicted molar refractivity (Wildman–Crippen MR) is 177 cm³/mol. The molecule has 0 radical (unpaired) electrons. The van der Waals surface area contributed by atoms with Crippen molar-refractivity contribution < 1.29 is 23.1 Å². The highest BCUT2D eigenvalue weighted by Gasteiger charge is 2.54. The molecule has 1 aliphatic carbocycles. The van der Waals surface area contributed by atoms with E-state index in [2.05, 4.69) is 15.7 Å². The van der Waals surface area contributed by atoms with Gasteiger partial charge < -0.3 is 14.7 Å². The highest BCUT2D eigenvalue weighted by atomic mass is 35.5. The summed E-state index contributed by atoms with van der Waals surface area (Å²) in [4.78, 5) is 15.6. The first-order chi connectivity index (χ1) is 21.3. The third kappa shape index (κ3) is 6.74. The zero-order chi connectivity index (χ0) is 32.6. The summed E-state index contributed by atoms with van der Waals surface area (Å²) in [7, 11) is -4.01. The maximum absolute atomic E-state index is 13.4. The molecule has 0 aromatic heterocycles. The predicted octanol–water partition coefficient (Wildman–Crippen LogP) is 6.41. The number of nitriles is 1. The molecule has 2 aliphatic heterocycles.